The van der Waals surface area contributed by atoms with E-state index < -0.39 is 5.97 Å². The van der Waals surface area contributed by atoms with E-state index >= 15 is 0 Å². The van der Waals surface area contributed by atoms with Gasteiger partial charge in [0.1, 0.15) is 0 Å². The summed E-state index contributed by atoms with van der Waals surface area (Å²) in [5, 5.41) is 3.61. The van der Waals surface area contributed by atoms with Crippen LogP contribution in [0.25, 0.3) is 0 Å². The highest BCUT2D eigenvalue weighted by Crippen LogP contribution is 2.27. The first-order valence-corrected chi connectivity index (χ1v) is 4.60. The smallest absolute Gasteiger partial charge is 0.361 e. The molecule has 13 heavy (non-hydrogen) atoms. The molecule has 0 amide bonds. The lowest BCUT2D eigenvalue weighted by molar-refractivity contribution is 0.0588. The fourth-order valence-electron chi connectivity index (χ4n) is 0.874. The zero-order valence-corrected chi connectivity index (χ0v) is 9.21. The minimum atomic E-state index is -0.498. The second kappa shape index (κ2) is 3.91. The number of rotatable bonds is 2. The van der Waals surface area contributed by atoms with E-state index in [9.17, 15) is 4.79 Å². The summed E-state index contributed by atoms with van der Waals surface area (Å²) in [7, 11) is 1.30. The summed E-state index contributed by atoms with van der Waals surface area (Å²) in [4.78, 5) is 11.1. The lowest BCUT2D eigenvalue weighted by Gasteiger charge is -1.97. The second-order valence-electron chi connectivity index (χ2n) is 2.86. The molecule has 0 saturated carbocycles. The summed E-state index contributed by atoms with van der Waals surface area (Å²) in [5.74, 6) is 0.336. The second-order valence-corrected chi connectivity index (χ2v) is 3.65. The van der Waals surface area contributed by atoms with Gasteiger partial charge in [0.15, 0.2) is 5.76 Å². The lowest BCUT2D eigenvalue weighted by Crippen LogP contribution is -2.02. The average Bonchev–Trinajstić information content (AvgIpc) is 2.46. The van der Waals surface area contributed by atoms with E-state index in [0.717, 1.165) is 0 Å². The number of halogens is 1. The number of aromatic nitrogens is 1. The van der Waals surface area contributed by atoms with E-state index in [1.54, 1.807) is 0 Å². The molecule has 0 bridgehead atoms. The van der Waals surface area contributed by atoms with Crippen LogP contribution in [0.5, 0.6) is 0 Å². The Labute approximate surface area is 84.4 Å². The molecule has 0 aliphatic carbocycles. The fraction of sp³-hybridized carbons (Fsp3) is 0.500. The molecule has 0 radical (unpaired) electrons. The topological polar surface area (TPSA) is 52.3 Å². The van der Waals surface area contributed by atoms with E-state index in [1.807, 2.05) is 13.8 Å². The van der Waals surface area contributed by atoms with E-state index in [4.69, 9.17) is 4.52 Å². The Morgan fingerprint density at radius 2 is 2.23 bits per heavy atom. The van der Waals surface area contributed by atoms with Crippen molar-refractivity contribution in [1.29, 1.82) is 0 Å². The Hall–Kier alpha value is -0.840. The van der Waals surface area contributed by atoms with Gasteiger partial charge in [0.2, 0.25) is 5.69 Å². The van der Waals surface area contributed by atoms with E-state index in [0.29, 0.717) is 10.2 Å². The van der Waals surface area contributed by atoms with Crippen molar-refractivity contribution in [2.75, 3.05) is 7.11 Å². The molecule has 0 atom stereocenters. The third-order valence-corrected chi connectivity index (χ3v) is 2.33. The quantitative estimate of drug-likeness (QED) is 0.754. The first-order chi connectivity index (χ1) is 6.07. The van der Waals surface area contributed by atoms with Crippen LogP contribution >= 0.6 is 15.9 Å². The van der Waals surface area contributed by atoms with Crippen LogP contribution < -0.4 is 0 Å². The molecule has 1 aromatic heterocycles. The highest BCUT2D eigenvalue weighted by molar-refractivity contribution is 9.10. The molecule has 0 N–H and O–H groups in total. The number of hydrogen-bond donors (Lipinski definition) is 0. The average molecular weight is 248 g/mol. The molecular weight excluding hydrogens is 238 g/mol. The predicted octanol–water partition coefficient (Wildman–Crippen LogP) is 2.35. The number of esters is 1. The van der Waals surface area contributed by atoms with Gasteiger partial charge in [-0.15, -0.1) is 0 Å². The summed E-state index contributed by atoms with van der Waals surface area (Å²) in [6.07, 6.45) is 0. The zero-order chi connectivity index (χ0) is 10.0. The normalized spacial score (nSPS) is 10.5. The van der Waals surface area contributed by atoms with Gasteiger partial charge in [-0.2, -0.15) is 0 Å². The van der Waals surface area contributed by atoms with Crippen molar-refractivity contribution in [2.45, 2.75) is 19.8 Å². The summed E-state index contributed by atoms with van der Waals surface area (Å²) in [5.41, 5.74) is 0.186. The van der Waals surface area contributed by atoms with E-state index in [2.05, 4.69) is 25.8 Å². The molecule has 72 valence electrons. The number of carbonyl (C=O) groups is 1. The molecule has 4 nitrogen and oxygen atoms in total. The van der Waals surface area contributed by atoms with Crippen molar-refractivity contribution in [3.05, 3.63) is 15.9 Å². The van der Waals surface area contributed by atoms with Gasteiger partial charge in [-0.3, -0.25) is 0 Å². The van der Waals surface area contributed by atoms with Gasteiger partial charge < -0.3 is 9.26 Å². The van der Waals surface area contributed by atoms with Crippen LogP contribution in [0.4, 0.5) is 0 Å². The van der Waals surface area contributed by atoms with Crippen molar-refractivity contribution < 1.29 is 14.1 Å². The summed E-state index contributed by atoms with van der Waals surface area (Å²) < 4.78 is 10.1. The van der Waals surface area contributed by atoms with Crippen molar-refractivity contribution >= 4 is 21.9 Å². The van der Waals surface area contributed by atoms with Crippen molar-refractivity contribution in [2.24, 2.45) is 0 Å². The largest absolute Gasteiger partial charge is 0.464 e. The van der Waals surface area contributed by atoms with Crippen molar-refractivity contribution in [1.82, 2.24) is 5.16 Å². The highest BCUT2D eigenvalue weighted by atomic mass is 79.9. The first kappa shape index (κ1) is 10.2. The summed E-state index contributed by atoms with van der Waals surface area (Å²) in [6, 6.07) is 0. The van der Waals surface area contributed by atoms with Crippen molar-refractivity contribution in [3.8, 4) is 0 Å². The number of carbonyl (C=O) groups excluding carboxylic acids is 1. The minimum Gasteiger partial charge on any atom is -0.464 e. The number of nitrogens with zero attached hydrogens (tertiary/aromatic N) is 1. The molecule has 0 spiro atoms. The molecule has 0 aliphatic heterocycles. The van der Waals surface area contributed by atoms with E-state index in [1.165, 1.54) is 7.11 Å². The molecule has 5 heteroatoms. The Bertz CT molecular complexity index is 319. The minimum absolute atomic E-state index is 0.181. The lowest BCUT2D eigenvalue weighted by atomic mass is 10.1. The van der Waals surface area contributed by atoms with Gasteiger partial charge >= 0.3 is 5.97 Å². The Balaban J connectivity index is 3.06. The fourth-order valence-corrected chi connectivity index (χ4v) is 1.64. The third kappa shape index (κ3) is 1.91. The van der Waals surface area contributed by atoms with Crippen LogP contribution in [0, 0.1) is 0 Å². The highest BCUT2D eigenvalue weighted by Gasteiger charge is 2.21. The Kier molecular flexibility index (Phi) is 3.08. The van der Waals surface area contributed by atoms with Crippen molar-refractivity contribution in [3.63, 3.8) is 0 Å². The maximum atomic E-state index is 11.1. The molecule has 1 rings (SSSR count). The van der Waals surface area contributed by atoms with Gasteiger partial charge in [-0.1, -0.05) is 19.0 Å². The molecule has 0 aromatic carbocycles. The van der Waals surface area contributed by atoms with Crippen LogP contribution in [0.3, 0.4) is 0 Å². The van der Waals surface area contributed by atoms with Gasteiger partial charge in [-0.05, 0) is 15.9 Å². The standard InChI is InChI=1S/C8H10BrNO3/c1-4(2)7-5(9)6(10-13-7)8(11)12-3/h4H,1-3H3. The third-order valence-electron chi connectivity index (χ3n) is 1.56. The van der Waals surface area contributed by atoms with Crippen LogP contribution in [0.15, 0.2) is 9.00 Å². The molecule has 1 heterocycles. The van der Waals surface area contributed by atoms with Crippen LogP contribution in [0.2, 0.25) is 0 Å². The SMILES string of the molecule is COC(=O)c1noc(C(C)C)c1Br. The number of methoxy groups -OCH3 is 1. The Morgan fingerprint density at radius 3 is 2.62 bits per heavy atom. The molecule has 0 unspecified atom stereocenters. The van der Waals surface area contributed by atoms with Gasteiger partial charge in [0, 0.05) is 5.92 Å². The first-order valence-electron chi connectivity index (χ1n) is 3.81. The van der Waals surface area contributed by atoms with Crippen LogP contribution in [-0.4, -0.2) is 18.2 Å². The molecule has 0 aliphatic rings. The maximum absolute atomic E-state index is 11.1. The Morgan fingerprint density at radius 1 is 1.62 bits per heavy atom. The van der Waals surface area contributed by atoms with Gasteiger partial charge in [0.05, 0.1) is 11.6 Å². The molecule has 1 aromatic rings. The van der Waals surface area contributed by atoms with Crippen LogP contribution in [0.1, 0.15) is 36.0 Å². The van der Waals surface area contributed by atoms with E-state index in [-0.39, 0.29) is 11.6 Å². The predicted molar refractivity (Wildman–Crippen MR) is 49.6 cm³/mol. The maximum Gasteiger partial charge on any atom is 0.361 e. The molecule has 0 saturated heterocycles. The summed E-state index contributed by atoms with van der Waals surface area (Å²) in [6.45, 7) is 3.90. The molecule has 0 fully saturated rings. The number of ether oxygens (including phenoxy) is 1. The van der Waals surface area contributed by atoms with Gasteiger partial charge in [0.25, 0.3) is 0 Å². The van der Waals surface area contributed by atoms with Crippen LogP contribution in [-0.2, 0) is 4.74 Å². The summed E-state index contributed by atoms with van der Waals surface area (Å²) >= 11 is 3.24. The number of hydrogen-bond acceptors (Lipinski definition) is 4. The van der Waals surface area contributed by atoms with Gasteiger partial charge in [-0.25, -0.2) is 4.79 Å². The molecular formula is C8H10BrNO3. The monoisotopic (exact) mass is 247 g/mol. The zero-order valence-electron chi connectivity index (χ0n) is 7.63.